The lowest BCUT2D eigenvalue weighted by molar-refractivity contribution is -0.137. The van der Waals surface area contributed by atoms with Gasteiger partial charge in [0.25, 0.3) is 0 Å². The fourth-order valence-corrected chi connectivity index (χ4v) is 1.52. The molecule has 2 aromatic rings. The van der Waals surface area contributed by atoms with Gasteiger partial charge >= 0.3 is 6.18 Å². The SMILES string of the molecule is Oc1cccc(C=NNc2ccc(C(F)(F)F)cc2)c1. The van der Waals surface area contributed by atoms with Crippen LogP contribution in [0.3, 0.4) is 0 Å². The number of alkyl halides is 3. The number of aromatic hydroxyl groups is 1. The third-order valence-electron chi connectivity index (χ3n) is 2.49. The van der Waals surface area contributed by atoms with Crippen LogP contribution in [0.5, 0.6) is 5.75 Å². The zero-order chi connectivity index (χ0) is 14.6. The van der Waals surface area contributed by atoms with E-state index in [1.165, 1.54) is 30.5 Å². The first-order chi connectivity index (χ1) is 9.45. The normalized spacial score (nSPS) is 11.8. The monoisotopic (exact) mass is 280 g/mol. The Hall–Kier alpha value is -2.50. The first-order valence-electron chi connectivity index (χ1n) is 5.70. The molecule has 2 aromatic carbocycles. The number of nitrogens with zero attached hydrogens (tertiary/aromatic N) is 1. The lowest BCUT2D eigenvalue weighted by Crippen LogP contribution is -2.04. The highest BCUT2D eigenvalue weighted by molar-refractivity contribution is 5.80. The minimum Gasteiger partial charge on any atom is -0.508 e. The molecule has 0 atom stereocenters. The number of nitrogens with one attached hydrogen (secondary N) is 1. The molecule has 0 unspecified atom stereocenters. The van der Waals surface area contributed by atoms with Crippen molar-refractivity contribution in [3.05, 3.63) is 59.7 Å². The fraction of sp³-hybridized carbons (Fsp3) is 0.0714. The molecule has 0 saturated heterocycles. The second kappa shape index (κ2) is 5.64. The fourth-order valence-electron chi connectivity index (χ4n) is 1.52. The number of rotatable bonds is 3. The van der Waals surface area contributed by atoms with E-state index in [0.717, 1.165) is 12.1 Å². The summed E-state index contributed by atoms with van der Waals surface area (Å²) in [6.45, 7) is 0. The second-order valence-corrected chi connectivity index (χ2v) is 4.04. The van der Waals surface area contributed by atoms with Crippen molar-refractivity contribution in [2.45, 2.75) is 6.18 Å². The molecule has 2 N–H and O–H groups in total. The molecule has 3 nitrogen and oxygen atoms in total. The van der Waals surface area contributed by atoms with Crippen molar-refractivity contribution < 1.29 is 18.3 Å². The van der Waals surface area contributed by atoms with Crippen molar-refractivity contribution in [2.24, 2.45) is 5.10 Å². The Morgan fingerprint density at radius 2 is 1.75 bits per heavy atom. The van der Waals surface area contributed by atoms with E-state index in [-0.39, 0.29) is 5.75 Å². The Bertz CT molecular complexity index is 607. The number of benzene rings is 2. The quantitative estimate of drug-likeness (QED) is 0.662. The standard InChI is InChI=1S/C14H11F3N2O/c15-14(16,17)11-4-6-12(7-5-11)19-18-9-10-2-1-3-13(20)8-10/h1-9,19-20H. The third-order valence-corrected chi connectivity index (χ3v) is 2.49. The summed E-state index contributed by atoms with van der Waals surface area (Å²) in [7, 11) is 0. The molecule has 0 saturated carbocycles. The Morgan fingerprint density at radius 1 is 1.05 bits per heavy atom. The van der Waals surface area contributed by atoms with Gasteiger partial charge in [0.05, 0.1) is 17.5 Å². The number of hydrazone groups is 1. The van der Waals surface area contributed by atoms with E-state index in [2.05, 4.69) is 10.5 Å². The number of anilines is 1. The molecule has 2 rings (SSSR count). The van der Waals surface area contributed by atoms with E-state index < -0.39 is 11.7 Å². The van der Waals surface area contributed by atoms with Gasteiger partial charge in [-0.05, 0) is 42.0 Å². The van der Waals surface area contributed by atoms with E-state index >= 15 is 0 Å². The first-order valence-corrected chi connectivity index (χ1v) is 5.70. The number of hydrogen-bond acceptors (Lipinski definition) is 3. The van der Waals surface area contributed by atoms with Crippen LogP contribution in [0.25, 0.3) is 0 Å². The van der Waals surface area contributed by atoms with Gasteiger partial charge in [0.15, 0.2) is 0 Å². The van der Waals surface area contributed by atoms with Gasteiger partial charge in [-0.2, -0.15) is 18.3 Å². The van der Waals surface area contributed by atoms with E-state index in [1.807, 2.05) is 0 Å². The summed E-state index contributed by atoms with van der Waals surface area (Å²) in [6, 6.07) is 11.0. The Kier molecular flexibility index (Phi) is 3.93. The molecule has 0 aliphatic heterocycles. The number of hydrogen-bond donors (Lipinski definition) is 2. The highest BCUT2D eigenvalue weighted by Crippen LogP contribution is 2.29. The average Bonchev–Trinajstić information content (AvgIpc) is 2.38. The van der Waals surface area contributed by atoms with Crippen molar-refractivity contribution in [1.29, 1.82) is 0 Å². The Labute approximate surface area is 113 Å². The summed E-state index contributed by atoms with van der Waals surface area (Å²) in [6.07, 6.45) is -2.89. The van der Waals surface area contributed by atoms with E-state index in [1.54, 1.807) is 12.1 Å². The minimum absolute atomic E-state index is 0.114. The van der Waals surface area contributed by atoms with Gasteiger partial charge in [-0.15, -0.1) is 0 Å². The van der Waals surface area contributed by atoms with Gasteiger partial charge in [-0.25, -0.2) is 0 Å². The molecule has 0 bridgehead atoms. The summed E-state index contributed by atoms with van der Waals surface area (Å²) in [4.78, 5) is 0. The van der Waals surface area contributed by atoms with Crippen LogP contribution >= 0.6 is 0 Å². The molecule has 104 valence electrons. The van der Waals surface area contributed by atoms with Crippen molar-refractivity contribution in [1.82, 2.24) is 0 Å². The summed E-state index contributed by atoms with van der Waals surface area (Å²) in [5.74, 6) is 0.114. The maximum absolute atomic E-state index is 12.4. The molecule has 0 radical (unpaired) electrons. The van der Waals surface area contributed by atoms with Gasteiger partial charge in [-0.1, -0.05) is 12.1 Å². The van der Waals surface area contributed by atoms with Crippen LogP contribution in [0.15, 0.2) is 53.6 Å². The smallest absolute Gasteiger partial charge is 0.416 e. The zero-order valence-corrected chi connectivity index (χ0v) is 10.2. The third kappa shape index (κ3) is 3.74. The van der Waals surface area contributed by atoms with Gasteiger partial charge < -0.3 is 5.11 Å². The maximum atomic E-state index is 12.4. The zero-order valence-electron chi connectivity index (χ0n) is 10.2. The average molecular weight is 280 g/mol. The molecular formula is C14H11F3N2O. The van der Waals surface area contributed by atoms with Crippen molar-refractivity contribution in [3.63, 3.8) is 0 Å². The predicted octanol–water partition coefficient (Wildman–Crippen LogP) is 3.86. The van der Waals surface area contributed by atoms with Crippen LogP contribution in [0.2, 0.25) is 0 Å². The van der Waals surface area contributed by atoms with Crippen LogP contribution in [-0.2, 0) is 6.18 Å². The van der Waals surface area contributed by atoms with Gasteiger partial charge in [0.1, 0.15) is 5.75 Å². The minimum atomic E-state index is -4.34. The van der Waals surface area contributed by atoms with Crippen LogP contribution in [0.4, 0.5) is 18.9 Å². The van der Waals surface area contributed by atoms with Crippen molar-refractivity contribution in [3.8, 4) is 5.75 Å². The van der Waals surface area contributed by atoms with Crippen molar-refractivity contribution in [2.75, 3.05) is 5.43 Å². The molecular weight excluding hydrogens is 269 g/mol. The predicted molar refractivity (Wildman–Crippen MR) is 70.8 cm³/mol. The van der Waals surface area contributed by atoms with Crippen molar-refractivity contribution >= 4 is 11.9 Å². The summed E-state index contributed by atoms with van der Waals surface area (Å²) < 4.78 is 37.1. The molecule has 0 amide bonds. The van der Waals surface area contributed by atoms with E-state index in [9.17, 15) is 18.3 Å². The molecule has 0 fully saturated rings. The van der Waals surface area contributed by atoms with Crippen LogP contribution in [-0.4, -0.2) is 11.3 Å². The summed E-state index contributed by atoms with van der Waals surface area (Å²) >= 11 is 0. The number of phenolic OH excluding ortho intramolecular Hbond substituents is 1. The lowest BCUT2D eigenvalue weighted by atomic mass is 10.2. The van der Waals surface area contributed by atoms with E-state index in [0.29, 0.717) is 11.3 Å². The second-order valence-electron chi connectivity index (χ2n) is 4.04. The number of phenols is 1. The molecule has 20 heavy (non-hydrogen) atoms. The molecule has 0 heterocycles. The summed E-state index contributed by atoms with van der Waals surface area (Å²) in [5, 5.41) is 13.1. The van der Waals surface area contributed by atoms with Gasteiger partial charge in [-0.3, -0.25) is 5.43 Å². The Balaban J connectivity index is 2.01. The lowest BCUT2D eigenvalue weighted by Gasteiger charge is -2.07. The Morgan fingerprint density at radius 3 is 2.35 bits per heavy atom. The maximum Gasteiger partial charge on any atom is 0.416 e. The number of halogens is 3. The summed E-state index contributed by atoms with van der Waals surface area (Å²) in [5.41, 5.74) is 3.01. The van der Waals surface area contributed by atoms with Gasteiger partial charge in [0.2, 0.25) is 0 Å². The van der Waals surface area contributed by atoms with Crippen LogP contribution in [0, 0.1) is 0 Å². The largest absolute Gasteiger partial charge is 0.508 e. The van der Waals surface area contributed by atoms with E-state index in [4.69, 9.17) is 0 Å². The molecule has 0 spiro atoms. The molecule has 0 aromatic heterocycles. The van der Waals surface area contributed by atoms with Crippen LogP contribution < -0.4 is 5.43 Å². The highest BCUT2D eigenvalue weighted by atomic mass is 19.4. The topological polar surface area (TPSA) is 44.6 Å². The highest BCUT2D eigenvalue weighted by Gasteiger charge is 2.29. The first kappa shape index (κ1) is 13.9. The molecule has 0 aliphatic rings. The molecule has 6 heteroatoms. The molecule has 0 aliphatic carbocycles. The van der Waals surface area contributed by atoms with Gasteiger partial charge in [0, 0.05) is 0 Å². The van der Waals surface area contributed by atoms with Crippen LogP contribution in [0.1, 0.15) is 11.1 Å².